The Labute approximate surface area is 185 Å². The SMILES string of the molecule is CC12CC3CC(C)(C1)CC(C(=O)N1CCC(C(=O)NCc4ccc(F)cc4)CC1)(C3)C2. The largest absolute Gasteiger partial charge is 0.352 e. The van der Waals surface area contributed by atoms with Crippen LogP contribution in [0.2, 0.25) is 0 Å². The molecule has 4 bridgehead atoms. The van der Waals surface area contributed by atoms with Crippen molar-refractivity contribution in [1.82, 2.24) is 10.2 Å². The fraction of sp³-hybridized carbons (Fsp3) is 0.692. The standard InChI is InChI=1S/C26H35FN2O2/c1-24-11-19-12-25(2,15-24)17-26(13-19,16-24)23(31)29-9-7-20(8-10-29)22(30)28-14-18-3-5-21(27)6-4-18/h3-6,19-20H,7-17H2,1-2H3,(H,28,30). The summed E-state index contributed by atoms with van der Waals surface area (Å²) in [5.74, 6) is 0.820. The smallest absolute Gasteiger partial charge is 0.228 e. The fourth-order valence-electron chi connectivity index (χ4n) is 8.30. The van der Waals surface area contributed by atoms with Crippen LogP contribution in [0.5, 0.6) is 0 Å². The van der Waals surface area contributed by atoms with Crippen LogP contribution in [-0.4, -0.2) is 29.8 Å². The number of hydrogen-bond acceptors (Lipinski definition) is 2. The fourth-order valence-corrected chi connectivity index (χ4v) is 8.30. The molecule has 5 fully saturated rings. The molecular formula is C26H35FN2O2. The van der Waals surface area contributed by atoms with Crippen LogP contribution in [0.1, 0.15) is 70.8 Å². The Hall–Kier alpha value is -1.91. The molecule has 0 spiro atoms. The van der Waals surface area contributed by atoms with Gasteiger partial charge >= 0.3 is 0 Å². The number of piperidine rings is 1. The zero-order chi connectivity index (χ0) is 21.9. The number of rotatable bonds is 4. The molecule has 6 rings (SSSR count). The van der Waals surface area contributed by atoms with Crippen molar-refractivity contribution in [3.8, 4) is 0 Å². The van der Waals surface area contributed by atoms with E-state index in [2.05, 4.69) is 24.1 Å². The summed E-state index contributed by atoms with van der Waals surface area (Å²) in [6, 6.07) is 6.22. The highest BCUT2D eigenvalue weighted by atomic mass is 19.1. The number of benzene rings is 1. The minimum Gasteiger partial charge on any atom is -0.352 e. The van der Waals surface area contributed by atoms with Gasteiger partial charge in [0, 0.05) is 25.6 Å². The van der Waals surface area contributed by atoms with Crippen LogP contribution in [0.4, 0.5) is 4.39 Å². The van der Waals surface area contributed by atoms with E-state index in [4.69, 9.17) is 0 Å². The Bertz CT molecular complexity index is 856. The van der Waals surface area contributed by atoms with Gasteiger partial charge in [0.15, 0.2) is 0 Å². The molecule has 168 valence electrons. The highest BCUT2D eigenvalue weighted by Gasteiger charge is 2.63. The van der Waals surface area contributed by atoms with E-state index in [1.165, 1.54) is 31.4 Å². The summed E-state index contributed by atoms with van der Waals surface area (Å²) in [6.07, 6.45) is 8.54. The molecule has 1 aromatic carbocycles. The number of hydrogen-bond donors (Lipinski definition) is 1. The van der Waals surface area contributed by atoms with Crippen molar-refractivity contribution >= 4 is 11.8 Å². The van der Waals surface area contributed by atoms with Crippen LogP contribution in [0.3, 0.4) is 0 Å². The van der Waals surface area contributed by atoms with Gasteiger partial charge in [-0.25, -0.2) is 4.39 Å². The van der Waals surface area contributed by atoms with Crippen molar-refractivity contribution in [1.29, 1.82) is 0 Å². The molecule has 1 heterocycles. The third kappa shape index (κ3) is 3.89. The molecule has 5 heteroatoms. The maximum absolute atomic E-state index is 13.7. The van der Waals surface area contributed by atoms with E-state index in [0.29, 0.717) is 42.3 Å². The molecular weight excluding hydrogens is 391 g/mol. The molecule has 5 aliphatic rings. The first-order valence-electron chi connectivity index (χ1n) is 12.0. The first-order valence-corrected chi connectivity index (χ1v) is 12.0. The van der Waals surface area contributed by atoms with Crippen LogP contribution < -0.4 is 5.32 Å². The first-order chi connectivity index (χ1) is 14.7. The normalized spacial score (nSPS) is 37.1. The third-order valence-electron chi connectivity index (χ3n) is 8.61. The van der Waals surface area contributed by atoms with E-state index in [1.54, 1.807) is 12.1 Å². The molecule has 1 aliphatic heterocycles. The van der Waals surface area contributed by atoms with Gasteiger partial charge in [-0.2, -0.15) is 0 Å². The van der Waals surface area contributed by atoms with Gasteiger partial charge in [0.25, 0.3) is 0 Å². The highest BCUT2D eigenvalue weighted by molar-refractivity contribution is 5.84. The Morgan fingerprint density at radius 1 is 1.00 bits per heavy atom. The average Bonchev–Trinajstić information content (AvgIpc) is 2.70. The van der Waals surface area contributed by atoms with Crippen LogP contribution in [0.15, 0.2) is 24.3 Å². The van der Waals surface area contributed by atoms with Crippen LogP contribution in [0, 0.1) is 33.9 Å². The second-order valence-corrected chi connectivity index (χ2v) is 11.8. The van der Waals surface area contributed by atoms with E-state index < -0.39 is 0 Å². The van der Waals surface area contributed by atoms with Crippen molar-refractivity contribution in [2.75, 3.05) is 13.1 Å². The van der Waals surface area contributed by atoms with E-state index >= 15 is 0 Å². The number of likely N-dealkylation sites (tertiary alicyclic amines) is 1. The minimum atomic E-state index is -0.269. The summed E-state index contributed by atoms with van der Waals surface area (Å²) in [5, 5.41) is 2.99. The number of carbonyl (C=O) groups is 2. The van der Waals surface area contributed by atoms with Crippen LogP contribution >= 0.6 is 0 Å². The number of carbonyl (C=O) groups excluding carboxylic acids is 2. The molecule has 1 N–H and O–H groups in total. The number of nitrogens with one attached hydrogen (secondary N) is 1. The van der Waals surface area contributed by atoms with Gasteiger partial charge in [-0.3, -0.25) is 9.59 Å². The van der Waals surface area contributed by atoms with Gasteiger partial charge < -0.3 is 10.2 Å². The number of nitrogens with zero attached hydrogens (tertiary/aromatic N) is 1. The van der Waals surface area contributed by atoms with Crippen LogP contribution in [-0.2, 0) is 16.1 Å². The summed E-state index contributed by atoms with van der Waals surface area (Å²) >= 11 is 0. The lowest BCUT2D eigenvalue weighted by atomic mass is 9.40. The molecule has 1 aromatic rings. The zero-order valence-corrected chi connectivity index (χ0v) is 18.9. The maximum Gasteiger partial charge on any atom is 0.228 e. The second-order valence-electron chi connectivity index (χ2n) is 11.8. The predicted octanol–water partition coefficient (Wildman–Crippen LogP) is 4.68. The summed E-state index contributed by atoms with van der Waals surface area (Å²) in [7, 11) is 0. The predicted molar refractivity (Wildman–Crippen MR) is 117 cm³/mol. The number of halogens is 1. The minimum absolute atomic E-state index is 0.0455. The van der Waals surface area contributed by atoms with E-state index in [1.807, 2.05) is 0 Å². The van der Waals surface area contributed by atoms with Gasteiger partial charge in [-0.05, 0) is 85.8 Å². The second kappa shape index (κ2) is 7.31. The molecule has 2 unspecified atom stereocenters. The van der Waals surface area contributed by atoms with Crippen molar-refractivity contribution in [3.63, 3.8) is 0 Å². The first kappa shape index (κ1) is 21.0. The lowest BCUT2D eigenvalue weighted by Gasteiger charge is -2.65. The van der Waals surface area contributed by atoms with Gasteiger partial charge in [-0.15, -0.1) is 0 Å². The van der Waals surface area contributed by atoms with Gasteiger partial charge in [-0.1, -0.05) is 26.0 Å². The molecule has 4 aliphatic carbocycles. The molecule has 2 atom stereocenters. The van der Waals surface area contributed by atoms with Crippen molar-refractivity contribution in [2.45, 2.75) is 71.8 Å². The monoisotopic (exact) mass is 426 g/mol. The molecule has 1 saturated heterocycles. The summed E-state index contributed by atoms with van der Waals surface area (Å²) < 4.78 is 13.0. The van der Waals surface area contributed by atoms with E-state index in [0.717, 1.165) is 37.7 Å². The lowest BCUT2D eigenvalue weighted by Crippen LogP contribution is -2.61. The van der Waals surface area contributed by atoms with E-state index in [-0.39, 0.29) is 23.1 Å². The maximum atomic E-state index is 13.7. The zero-order valence-electron chi connectivity index (χ0n) is 18.9. The topological polar surface area (TPSA) is 49.4 Å². The van der Waals surface area contributed by atoms with Crippen molar-refractivity contribution in [2.24, 2.45) is 28.1 Å². The van der Waals surface area contributed by atoms with Gasteiger partial charge in [0.2, 0.25) is 11.8 Å². The molecule has 0 radical (unpaired) electrons. The molecule has 0 aromatic heterocycles. The molecule has 4 saturated carbocycles. The highest BCUT2D eigenvalue weighted by Crippen LogP contribution is 2.69. The van der Waals surface area contributed by atoms with E-state index in [9.17, 15) is 14.0 Å². The Morgan fingerprint density at radius 3 is 2.19 bits per heavy atom. The summed E-state index contributed by atoms with van der Waals surface area (Å²) in [5.41, 5.74) is 1.41. The van der Waals surface area contributed by atoms with Crippen molar-refractivity contribution < 1.29 is 14.0 Å². The lowest BCUT2D eigenvalue weighted by molar-refractivity contribution is -0.180. The third-order valence-corrected chi connectivity index (χ3v) is 8.61. The summed E-state index contributed by atoms with van der Waals surface area (Å²) in [6.45, 7) is 6.62. The van der Waals surface area contributed by atoms with Crippen LogP contribution in [0.25, 0.3) is 0 Å². The number of amides is 2. The Kier molecular flexibility index (Phi) is 4.95. The molecule has 4 nitrogen and oxygen atoms in total. The average molecular weight is 427 g/mol. The van der Waals surface area contributed by atoms with Crippen molar-refractivity contribution in [3.05, 3.63) is 35.6 Å². The summed E-state index contributed by atoms with van der Waals surface area (Å²) in [4.78, 5) is 28.5. The van der Waals surface area contributed by atoms with Gasteiger partial charge in [0.05, 0.1) is 5.41 Å². The molecule has 31 heavy (non-hydrogen) atoms. The molecule has 2 amide bonds. The van der Waals surface area contributed by atoms with Gasteiger partial charge in [0.1, 0.15) is 5.82 Å². The Balaban J connectivity index is 1.17. The Morgan fingerprint density at radius 2 is 1.61 bits per heavy atom. The quantitative estimate of drug-likeness (QED) is 0.760.